The summed E-state index contributed by atoms with van der Waals surface area (Å²) in [5.74, 6) is -0.683. The van der Waals surface area contributed by atoms with Crippen molar-refractivity contribution < 1.29 is 28.9 Å². The Bertz CT molecular complexity index is 1060. The van der Waals surface area contributed by atoms with E-state index in [0.717, 1.165) is 0 Å². The van der Waals surface area contributed by atoms with Crippen molar-refractivity contribution in [2.24, 2.45) is 0 Å². The molecule has 7 nitrogen and oxygen atoms in total. The van der Waals surface area contributed by atoms with E-state index in [1.54, 1.807) is 37.4 Å². The van der Waals surface area contributed by atoms with Crippen LogP contribution in [0, 0.1) is 0 Å². The molecule has 0 radical (unpaired) electrons. The zero-order valence-electron chi connectivity index (χ0n) is 19.1. The summed E-state index contributed by atoms with van der Waals surface area (Å²) >= 11 is 6.23. The van der Waals surface area contributed by atoms with Gasteiger partial charge in [-0.05, 0) is 56.2 Å². The molecule has 3 rings (SSSR count). The maximum Gasteiger partial charge on any atom is 0.295 e. The third kappa shape index (κ3) is 5.31. The zero-order chi connectivity index (χ0) is 24.1. The Morgan fingerprint density at radius 3 is 2.55 bits per heavy atom. The maximum absolute atomic E-state index is 13.1. The molecule has 1 fully saturated rings. The van der Waals surface area contributed by atoms with Crippen LogP contribution in [0.1, 0.15) is 37.4 Å². The van der Waals surface area contributed by atoms with Crippen LogP contribution >= 0.6 is 11.6 Å². The van der Waals surface area contributed by atoms with Gasteiger partial charge in [0.25, 0.3) is 11.7 Å². The molecule has 1 aliphatic heterocycles. The number of rotatable bonds is 9. The number of aliphatic hydroxyl groups excluding tert-OH is 1. The number of hydrogen-bond donors (Lipinski definition) is 1. The number of nitrogens with zero attached hydrogens (tertiary/aromatic N) is 1. The number of aliphatic hydroxyl groups is 1. The quantitative estimate of drug-likeness (QED) is 0.248. The first-order valence-corrected chi connectivity index (χ1v) is 11.0. The predicted octanol–water partition coefficient (Wildman–Crippen LogP) is 4.59. The summed E-state index contributed by atoms with van der Waals surface area (Å²) < 4.78 is 16.1. The van der Waals surface area contributed by atoms with E-state index in [1.807, 2.05) is 19.9 Å². The molecule has 0 spiro atoms. The van der Waals surface area contributed by atoms with E-state index in [0.29, 0.717) is 42.2 Å². The van der Waals surface area contributed by atoms with Crippen molar-refractivity contribution in [1.82, 2.24) is 4.90 Å². The van der Waals surface area contributed by atoms with Crippen molar-refractivity contribution in [3.63, 3.8) is 0 Å². The third-order valence-electron chi connectivity index (χ3n) is 5.26. The predicted molar refractivity (Wildman–Crippen MR) is 126 cm³/mol. The van der Waals surface area contributed by atoms with E-state index in [4.69, 9.17) is 25.8 Å². The fourth-order valence-electron chi connectivity index (χ4n) is 3.84. The average Bonchev–Trinajstić information content (AvgIpc) is 3.03. The van der Waals surface area contributed by atoms with Gasteiger partial charge in [0.05, 0.1) is 29.9 Å². The molecule has 0 aliphatic carbocycles. The molecule has 2 aromatic carbocycles. The lowest BCUT2D eigenvalue weighted by molar-refractivity contribution is -0.140. The summed E-state index contributed by atoms with van der Waals surface area (Å²) in [5, 5.41) is 11.4. The monoisotopic (exact) mass is 473 g/mol. The number of methoxy groups -OCH3 is 2. The maximum atomic E-state index is 13.1. The van der Waals surface area contributed by atoms with Gasteiger partial charge in [-0.2, -0.15) is 0 Å². The van der Waals surface area contributed by atoms with Crippen LogP contribution in [-0.2, 0) is 14.3 Å². The van der Waals surface area contributed by atoms with Crippen molar-refractivity contribution in [2.75, 3.05) is 27.4 Å². The summed E-state index contributed by atoms with van der Waals surface area (Å²) in [4.78, 5) is 27.5. The molecule has 1 amide bonds. The minimum Gasteiger partial charge on any atom is -0.507 e. The molecule has 8 heteroatoms. The van der Waals surface area contributed by atoms with E-state index in [2.05, 4.69) is 0 Å². The van der Waals surface area contributed by atoms with Crippen molar-refractivity contribution in [2.45, 2.75) is 32.4 Å². The molecule has 0 bridgehead atoms. The lowest BCUT2D eigenvalue weighted by Gasteiger charge is -2.26. The minimum atomic E-state index is -0.779. The van der Waals surface area contributed by atoms with Crippen LogP contribution in [0.5, 0.6) is 11.5 Å². The first kappa shape index (κ1) is 24.6. The zero-order valence-corrected chi connectivity index (χ0v) is 19.9. The highest BCUT2D eigenvalue weighted by molar-refractivity contribution is 6.46. The number of hydrogen-bond acceptors (Lipinski definition) is 6. The molecule has 33 heavy (non-hydrogen) atoms. The Balaban J connectivity index is 2.13. The van der Waals surface area contributed by atoms with Crippen LogP contribution in [0.25, 0.3) is 5.76 Å². The molecule has 1 unspecified atom stereocenters. The van der Waals surface area contributed by atoms with Crippen molar-refractivity contribution in [3.8, 4) is 11.5 Å². The normalized spacial score (nSPS) is 17.6. The molecule has 1 saturated heterocycles. The van der Waals surface area contributed by atoms with Gasteiger partial charge in [-0.15, -0.1) is 0 Å². The van der Waals surface area contributed by atoms with Gasteiger partial charge < -0.3 is 24.2 Å². The summed E-state index contributed by atoms with van der Waals surface area (Å²) in [6, 6.07) is 11.1. The van der Waals surface area contributed by atoms with Gasteiger partial charge in [0.2, 0.25) is 0 Å². The fourth-order valence-corrected chi connectivity index (χ4v) is 4.09. The van der Waals surface area contributed by atoms with Gasteiger partial charge in [-0.25, -0.2) is 0 Å². The van der Waals surface area contributed by atoms with Gasteiger partial charge in [-0.3, -0.25) is 9.59 Å². The largest absolute Gasteiger partial charge is 0.507 e. The number of carbonyl (C=O) groups excluding carboxylic acids is 2. The molecular weight excluding hydrogens is 446 g/mol. The van der Waals surface area contributed by atoms with Crippen LogP contribution in [-0.4, -0.2) is 55.2 Å². The SMILES string of the molecule is COCCCN1C(=O)C(=O)/C(=C(/O)c2ccc(OC)c(Cl)c2)C1c1cccc(OC(C)C)c1. The third-order valence-corrected chi connectivity index (χ3v) is 5.55. The number of carbonyl (C=O) groups is 2. The second-order valence-corrected chi connectivity index (χ2v) is 8.33. The summed E-state index contributed by atoms with van der Waals surface area (Å²) in [6.45, 7) is 4.55. The van der Waals surface area contributed by atoms with Gasteiger partial charge >= 0.3 is 0 Å². The Labute approximate surface area is 198 Å². The second-order valence-electron chi connectivity index (χ2n) is 7.93. The fraction of sp³-hybridized carbons (Fsp3) is 0.360. The van der Waals surface area contributed by atoms with Crippen LogP contribution in [0.3, 0.4) is 0 Å². The minimum absolute atomic E-state index is 0.000322. The average molecular weight is 474 g/mol. The van der Waals surface area contributed by atoms with Crippen LogP contribution in [0.2, 0.25) is 5.02 Å². The smallest absolute Gasteiger partial charge is 0.295 e. The van der Waals surface area contributed by atoms with Gasteiger partial charge in [0, 0.05) is 25.8 Å². The van der Waals surface area contributed by atoms with Gasteiger partial charge in [0.15, 0.2) is 0 Å². The van der Waals surface area contributed by atoms with E-state index in [1.165, 1.54) is 18.1 Å². The number of benzene rings is 2. The molecule has 0 aromatic heterocycles. The van der Waals surface area contributed by atoms with Crippen LogP contribution in [0.4, 0.5) is 0 Å². The van der Waals surface area contributed by atoms with Crippen LogP contribution < -0.4 is 9.47 Å². The number of Topliss-reactive ketones (excluding diaryl/α,β-unsaturated/α-hetero) is 1. The molecule has 1 N–H and O–H groups in total. The molecule has 1 heterocycles. The van der Waals surface area contributed by atoms with E-state index in [9.17, 15) is 14.7 Å². The molecular formula is C25H28ClNO6. The first-order chi connectivity index (χ1) is 15.8. The standard InChI is InChI=1S/C25H28ClNO6/c1-15(2)33-18-8-5-7-16(13-18)22-21(24(29)25(30)27(22)11-6-12-31-3)23(28)17-9-10-20(32-4)19(26)14-17/h5,7-10,13-15,22,28H,6,11-12H2,1-4H3/b23-21+. The highest BCUT2D eigenvalue weighted by Gasteiger charge is 2.46. The number of ketones is 1. The first-order valence-electron chi connectivity index (χ1n) is 10.7. The van der Waals surface area contributed by atoms with Crippen molar-refractivity contribution in [3.05, 3.63) is 64.2 Å². The van der Waals surface area contributed by atoms with Crippen molar-refractivity contribution >= 4 is 29.1 Å². The highest BCUT2D eigenvalue weighted by Crippen LogP contribution is 2.41. The van der Waals surface area contributed by atoms with E-state index in [-0.39, 0.29) is 22.5 Å². The summed E-state index contributed by atoms with van der Waals surface area (Å²) in [7, 11) is 3.06. The highest BCUT2D eigenvalue weighted by atomic mass is 35.5. The lowest BCUT2D eigenvalue weighted by atomic mass is 9.95. The second kappa shape index (κ2) is 10.7. The Kier molecular flexibility index (Phi) is 8.00. The Hall–Kier alpha value is -3.03. The molecule has 1 aliphatic rings. The Morgan fingerprint density at radius 2 is 1.91 bits per heavy atom. The number of amides is 1. The topological polar surface area (TPSA) is 85.3 Å². The number of ether oxygens (including phenoxy) is 3. The lowest BCUT2D eigenvalue weighted by Crippen LogP contribution is -2.31. The molecule has 1 atom stereocenters. The number of likely N-dealkylation sites (tertiary alicyclic amines) is 1. The molecule has 0 saturated carbocycles. The van der Waals surface area contributed by atoms with Gasteiger partial charge in [0.1, 0.15) is 17.3 Å². The Morgan fingerprint density at radius 1 is 1.15 bits per heavy atom. The molecule has 2 aromatic rings. The number of halogens is 1. The molecule has 176 valence electrons. The van der Waals surface area contributed by atoms with E-state index >= 15 is 0 Å². The van der Waals surface area contributed by atoms with Crippen molar-refractivity contribution in [1.29, 1.82) is 0 Å². The van der Waals surface area contributed by atoms with Gasteiger partial charge in [-0.1, -0.05) is 23.7 Å². The summed E-state index contributed by atoms with van der Waals surface area (Å²) in [6.07, 6.45) is 0.492. The summed E-state index contributed by atoms with van der Waals surface area (Å²) in [5.41, 5.74) is 0.974. The van der Waals surface area contributed by atoms with Crippen LogP contribution in [0.15, 0.2) is 48.0 Å². The van der Waals surface area contributed by atoms with E-state index < -0.39 is 17.7 Å².